The van der Waals surface area contributed by atoms with Crippen molar-refractivity contribution in [3.05, 3.63) is 34.9 Å². The van der Waals surface area contributed by atoms with Gasteiger partial charge in [0.05, 0.1) is 0 Å². The van der Waals surface area contributed by atoms with Crippen LogP contribution in [0.4, 0.5) is 0 Å². The van der Waals surface area contributed by atoms with Crippen LogP contribution in [0.5, 0.6) is 11.5 Å². The molecule has 2 heterocycles. The summed E-state index contributed by atoms with van der Waals surface area (Å²) < 4.78 is 6.14. The topological polar surface area (TPSA) is 52.9 Å². The van der Waals surface area contributed by atoms with Gasteiger partial charge in [-0.3, -0.25) is 0 Å². The molecule has 1 saturated heterocycles. The standard InChI is InChI=1S/C18H21NO3/c1-9-7-14(21)16-15-10(9)8-12-11-3-4-13(20)17(22-16)18(11,15)5-6-19(12)2/h3-4,7,11-13,17,20-21H,5-6,8H2,1-2H3/t11-,12?,13-,17-,18-/m0/s1. The van der Waals surface area contributed by atoms with Crippen molar-refractivity contribution in [3.8, 4) is 11.5 Å². The van der Waals surface area contributed by atoms with Crippen LogP contribution < -0.4 is 4.74 Å². The molecule has 0 aromatic heterocycles. The van der Waals surface area contributed by atoms with Crippen LogP contribution in [-0.4, -0.2) is 47.0 Å². The van der Waals surface area contributed by atoms with Crippen molar-refractivity contribution < 1.29 is 14.9 Å². The Bertz CT molecular complexity index is 713. The van der Waals surface area contributed by atoms with E-state index in [0.717, 1.165) is 24.9 Å². The zero-order chi connectivity index (χ0) is 15.2. The molecular weight excluding hydrogens is 278 g/mol. The maximum Gasteiger partial charge on any atom is 0.165 e. The van der Waals surface area contributed by atoms with Gasteiger partial charge >= 0.3 is 0 Å². The highest BCUT2D eigenvalue weighted by molar-refractivity contribution is 5.63. The molecule has 4 aliphatic rings. The third-order valence-electron chi connectivity index (χ3n) is 6.50. The Morgan fingerprint density at radius 3 is 3.00 bits per heavy atom. The lowest BCUT2D eigenvalue weighted by molar-refractivity contribution is -0.0453. The van der Waals surface area contributed by atoms with Crippen molar-refractivity contribution >= 4 is 0 Å². The smallest absolute Gasteiger partial charge is 0.165 e. The van der Waals surface area contributed by atoms with Gasteiger partial charge in [-0.15, -0.1) is 0 Å². The molecule has 1 unspecified atom stereocenters. The minimum absolute atomic E-state index is 0.169. The molecule has 2 bridgehead atoms. The third-order valence-corrected chi connectivity index (χ3v) is 6.50. The van der Waals surface area contributed by atoms with Gasteiger partial charge in [-0.05, 0) is 50.6 Å². The van der Waals surface area contributed by atoms with Crippen LogP contribution >= 0.6 is 0 Å². The van der Waals surface area contributed by atoms with E-state index >= 15 is 0 Å². The first kappa shape index (κ1) is 13.0. The average molecular weight is 299 g/mol. The zero-order valence-electron chi connectivity index (χ0n) is 12.9. The number of nitrogens with zero attached hydrogens (tertiary/aromatic N) is 1. The van der Waals surface area contributed by atoms with Crippen molar-refractivity contribution in [2.75, 3.05) is 13.6 Å². The van der Waals surface area contributed by atoms with Gasteiger partial charge in [-0.25, -0.2) is 0 Å². The lowest BCUT2D eigenvalue weighted by Gasteiger charge is -2.56. The van der Waals surface area contributed by atoms with E-state index in [1.54, 1.807) is 0 Å². The van der Waals surface area contributed by atoms with Gasteiger partial charge in [0.15, 0.2) is 11.5 Å². The fraction of sp³-hybridized carbons (Fsp3) is 0.556. The van der Waals surface area contributed by atoms with E-state index in [-0.39, 0.29) is 17.3 Å². The molecule has 1 spiro atoms. The normalized spacial score (nSPS) is 41.2. The summed E-state index contributed by atoms with van der Waals surface area (Å²) in [5, 5.41) is 20.9. The van der Waals surface area contributed by atoms with Crippen molar-refractivity contribution in [1.29, 1.82) is 0 Å². The summed E-state index contributed by atoms with van der Waals surface area (Å²) in [5.74, 6) is 1.21. The van der Waals surface area contributed by atoms with E-state index in [4.69, 9.17) is 4.74 Å². The Morgan fingerprint density at radius 2 is 2.18 bits per heavy atom. The molecule has 1 aromatic carbocycles. The summed E-state index contributed by atoms with van der Waals surface area (Å²) >= 11 is 0. The van der Waals surface area contributed by atoms with Gasteiger partial charge in [0.1, 0.15) is 12.2 Å². The maximum atomic E-state index is 10.5. The number of phenolic OH excluding ortho intramolecular Hbond substituents is 1. The second kappa shape index (κ2) is 3.87. The Morgan fingerprint density at radius 1 is 1.36 bits per heavy atom. The second-order valence-electron chi connectivity index (χ2n) is 7.38. The number of hydrogen-bond acceptors (Lipinski definition) is 4. The molecule has 0 saturated carbocycles. The van der Waals surface area contributed by atoms with Crippen molar-refractivity contribution in [3.63, 3.8) is 0 Å². The fourth-order valence-corrected chi connectivity index (χ4v) is 5.50. The number of likely N-dealkylation sites (N-methyl/N-ethyl adjacent to an activating group) is 1. The Kier molecular flexibility index (Phi) is 2.28. The predicted octanol–water partition coefficient (Wildman–Crippen LogP) is 1.51. The minimum Gasteiger partial charge on any atom is -0.504 e. The summed E-state index contributed by atoms with van der Waals surface area (Å²) in [6.07, 6.45) is 5.19. The van der Waals surface area contributed by atoms with E-state index in [0.29, 0.717) is 17.7 Å². The number of aliphatic hydroxyl groups is 1. The fourth-order valence-electron chi connectivity index (χ4n) is 5.50. The molecule has 2 N–H and O–H groups in total. The quantitative estimate of drug-likeness (QED) is 0.713. The first-order valence-corrected chi connectivity index (χ1v) is 8.13. The largest absolute Gasteiger partial charge is 0.504 e. The van der Waals surface area contributed by atoms with Gasteiger partial charge in [-0.2, -0.15) is 0 Å². The van der Waals surface area contributed by atoms with E-state index in [2.05, 4.69) is 24.9 Å². The van der Waals surface area contributed by atoms with E-state index in [9.17, 15) is 10.2 Å². The summed E-state index contributed by atoms with van der Waals surface area (Å²) in [7, 11) is 2.20. The summed E-state index contributed by atoms with van der Waals surface area (Å²) in [5.41, 5.74) is 3.48. The number of rotatable bonds is 0. The number of ether oxygens (including phenoxy) is 1. The molecular formula is C18H21NO3. The van der Waals surface area contributed by atoms with Crippen LogP contribution in [0.25, 0.3) is 0 Å². The molecule has 116 valence electrons. The molecule has 5 rings (SSSR count). The molecule has 1 fully saturated rings. The Labute approximate surface area is 130 Å². The van der Waals surface area contributed by atoms with Crippen LogP contribution in [0.3, 0.4) is 0 Å². The number of likely N-dealkylation sites (tertiary alicyclic amines) is 1. The number of aliphatic hydroxyl groups excluding tert-OH is 1. The number of hydrogen-bond donors (Lipinski definition) is 2. The molecule has 2 aliphatic carbocycles. The second-order valence-corrected chi connectivity index (χ2v) is 7.38. The number of aryl methyl sites for hydroxylation is 1. The van der Waals surface area contributed by atoms with Gasteiger partial charge in [-0.1, -0.05) is 12.2 Å². The Balaban J connectivity index is 1.87. The van der Waals surface area contributed by atoms with Gasteiger partial charge in [0, 0.05) is 22.9 Å². The molecule has 0 amide bonds. The SMILES string of the molecule is Cc1cc(O)c2c3c1CC1[C@@H]4C=C[C@H](O)[C@H](O2)[C@]34CCN1C. The number of piperidine rings is 1. The molecule has 4 nitrogen and oxygen atoms in total. The predicted molar refractivity (Wildman–Crippen MR) is 82.3 cm³/mol. The van der Waals surface area contributed by atoms with Crippen LogP contribution in [0.15, 0.2) is 18.2 Å². The molecule has 5 atom stereocenters. The van der Waals surface area contributed by atoms with Crippen molar-refractivity contribution in [2.24, 2.45) is 5.92 Å². The zero-order valence-corrected chi connectivity index (χ0v) is 12.9. The minimum atomic E-state index is -0.599. The summed E-state index contributed by atoms with van der Waals surface area (Å²) in [6.45, 7) is 3.08. The first-order valence-electron chi connectivity index (χ1n) is 8.13. The van der Waals surface area contributed by atoms with Crippen LogP contribution in [0.1, 0.15) is 23.1 Å². The summed E-state index contributed by atoms with van der Waals surface area (Å²) in [4.78, 5) is 2.45. The molecule has 22 heavy (non-hydrogen) atoms. The highest BCUT2D eigenvalue weighted by Gasteiger charge is 2.64. The van der Waals surface area contributed by atoms with Gasteiger partial charge in [0.2, 0.25) is 0 Å². The lowest BCUT2D eigenvalue weighted by Crippen LogP contribution is -2.64. The van der Waals surface area contributed by atoms with Crippen LogP contribution in [0, 0.1) is 12.8 Å². The van der Waals surface area contributed by atoms with E-state index < -0.39 is 6.10 Å². The number of aromatic hydroxyl groups is 1. The highest BCUT2D eigenvalue weighted by atomic mass is 16.5. The maximum absolute atomic E-state index is 10.5. The highest BCUT2D eigenvalue weighted by Crippen LogP contribution is 2.62. The monoisotopic (exact) mass is 299 g/mol. The van der Waals surface area contributed by atoms with Crippen molar-refractivity contribution in [2.45, 2.75) is 43.4 Å². The molecule has 4 heteroatoms. The van der Waals surface area contributed by atoms with Crippen LogP contribution in [-0.2, 0) is 11.8 Å². The number of benzene rings is 1. The van der Waals surface area contributed by atoms with Crippen molar-refractivity contribution in [1.82, 2.24) is 4.90 Å². The van der Waals surface area contributed by atoms with Gasteiger partial charge < -0.3 is 19.8 Å². The molecule has 1 aromatic rings. The first-order chi connectivity index (χ1) is 10.5. The lowest BCUT2D eigenvalue weighted by atomic mass is 9.53. The third kappa shape index (κ3) is 1.24. The van der Waals surface area contributed by atoms with Gasteiger partial charge in [0.25, 0.3) is 0 Å². The van der Waals surface area contributed by atoms with Crippen LogP contribution in [0.2, 0.25) is 0 Å². The van der Waals surface area contributed by atoms with E-state index in [1.165, 1.54) is 11.1 Å². The van der Waals surface area contributed by atoms with E-state index in [1.807, 2.05) is 12.1 Å². The average Bonchev–Trinajstić information content (AvgIpc) is 2.83. The molecule has 2 aliphatic heterocycles. The summed E-state index contributed by atoms with van der Waals surface area (Å²) in [6, 6.07) is 2.27. The molecule has 0 radical (unpaired) electrons. The number of phenols is 1. The Hall–Kier alpha value is -1.52.